The summed E-state index contributed by atoms with van der Waals surface area (Å²) in [4.78, 5) is 4.59. The Morgan fingerprint density at radius 3 is 2.79 bits per heavy atom. The van der Waals surface area contributed by atoms with Gasteiger partial charge in [-0.15, -0.1) is 0 Å². The lowest BCUT2D eigenvalue weighted by Gasteiger charge is -2.13. The minimum atomic E-state index is 0.559. The van der Waals surface area contributed by atoms with Crippen LogP contribution >= 0.6 is 0 Å². The number of pyridine rings is 1. The lowest BCUT2D eigenvalue weighted by molar-refractivity contribution is 0.455. The summed E-state index contributed by atoms with van der Waals surface area (Å²) in [5, 5.41) is 3.56. The number of hydrogen-bond donors (Lipinski definition) is 1. The molecular formula is C16H25N3. The van der Waals surface area contributed by atoms with Gasteiger partial charge in [0.25, 0.3) is 0 Å². The Morgan fingerprint density at radius 2 is 2.05 bits per heavy atom. The van der Waals surface area contributed by atoms with Crippen LogP contribution in [0.15, 0.2) is 30.6 Å². The van der Waals surface area contributed by atoms with Crippen LogP contribution in [0, 0.1) is 5.92 Å². The van der Waals surface area contributed by atoms with Gasteiger partial charge in [0.15, 0.2) is 0 Å². The monoisotopic (exact) mass is 259 g/mol. The smallest absolute Gasteiger partial charge is 0.137 e. The first kappa shape index (κ1) is 14.1. The summed E-state index contributed by atoms with van der Waals surface area (Å²) in [5.74, 6) is 0.811. The van der Waals surface area contributed by atoms with E-state index in [0.717, 1.165) is 23.8 Å². The second-order valence-electron chi connectivity index (χ2n) is 5.81. The van der Waals surface area contributed by atoms with Crippen molar-refractivity contribution in [1.29, 1.82) is 0 Å². The predicted molar refractivity (Wildman–Crippen MR) is 80.2 cm³/mol. The first-order chi connectivity index (χ1) is 9.15. The molecule has 0 saturated carbocycles. The molecule has 0 radical (unpaired) electrons. The number of nitrogens with one attached hydrogen (secondary N) is 1. The van der Waals surface area contributed by atoms with E-state index in [2.05, 4.69) is 41.7 Å². The Kier molecular flexibility index (Phi) is 4.97. The number of nitrogens with zero attached hydrogens (tertiary/aromatic N) is 2. The number of rotatable bonds is 7. The zero-order valence-corrected chi connectivity index (χ0v) is 12.3. The molecular weight excluding hydrogens is 234 g/mol. The minimum Gasteiger partial charge on any atom is -0.309 e. The van der Waals surface area contributed by atoms with Crippen LogP contribution in [0.25, 0.3) is 5.65 Å². The molecule has 1 N–H and O–H groups in total. The molecule has 0 aliphatic heterocycles. The number of imidazole rings is 1. The Bertz CT molecular complexity index is 468. The molecule has 0 aliphatic rings. The summed E-state index contributed by atoms with van der Waals surface area (Å²) < 4.78 is 2.07. The van der Waals surface area contributed by atoms with Crippen molar-refractivity contribution in [3.8, 4) is 0 Å². The molecule has 0 fully saturated rings. The molecule has 2 heterocycles. The van der Waals surface area contributed by atoms with Gasteiger partial charge < -0.3 is 9.72 Å². The van der Waals surface area contributed by atoms with Gasteiger partial charge in [0.1, 0.15) is 5.65 Å². The van der Waals surface area contributed by atoms with Gasteiger partial charge in [-0.25, -0.2) is 4.98 Å². The van der Waals surface area contributed by atoms with Crippen molar-refractivity contribution in [2.75, 3.05) is 0 Å². The van der Waals surface area contributed by atoms with Gasteiger partial charge >= 0.3 is 0 Å². The quantitative estimate of drug-likeness (QED) is 0.822. The molecule has 2 aromatic rings. The lowest BCUT2D eigenvalue weighted by Crippen LogP contribution is -2.25. The molecule has 3 heteroatoms. The highest BCUT2D eigenvalue weighted by Crippen LogP contribution is 2.09. The van der Waals surface area contributed by atoms with Gasteiger partial charge in [-0.1, -0.05) is 32.8 Å². The topological polar surface area (TPSA) is 29.3 Å². The maximum Gasteiger partial charge on any atom is 0.137 e. The highest BCUT2D eigenvalue weighted by molar-refractivity contribution is 5.39. The van der Waals surface area contributed by atoms with Gasteiger partial charge in [-0.05, 0) is 31.4 Å². The molecule has 2 rings (SSSR count). The molecule has 104 valence electrons. The van der Waals surface area contributed by atoms with Gasteiger partial charge in [0.2, 0.25) is 0 Å². The summed E-state index contributed by atoms with van der Waals surface area (Å²) in [6.45, 7) is 7.68. The van der Waals surface area contributed by atoms with Gasteiger partial charge in [-0.2, -0.15) is 0 Å². The summed E-state index contributed by atoms with van der Waals surface area (Å²) >= 11 is 0. The fraction of sp³-hybridized carbons (Fsp3) is 0.562. The minimum absolute atomic E-state index is 0.559. The average molecular weight is 259 g/mol. The normalized spacial score (nSPS) is 13.3. The fourth-order valence-corrected chi connectivity index (χ4v) is 2.29. The van der Waals surface area contributed by atoms with Gasteiger partial charge in [0.05, 0.1) is 5.69 Å². The number of fused-ring (bicyclic) bond motifs is 1. The third kappa shape index (κ3) is 4.35. The van der Waals surface area contributed by atoms with E-state index in [0.29, 0.717) is 6.04 Å². The molecule has 0 spiro atoms. The molecule has 2 aromatic heterocycles. The molecule has 1 unspecified atom stereocenters. The second kappa shape index (κ2) is 6.71. The fourth-order valence-electron chi connectivity index (χ4n) is 2.29. The summed E-state index contributed by atoms with van der Waals surface area (Å²) in [7, 11) is 0. The molecule has 0 amide bonds. The van der Waals surface area contributed by atoms with E-state index in [9.17, 15) is 0 Å². The highest BCUT2D eigenvalue weighted by atomic mass is 15.0. The number of aromatic nitrogens is 2. The SMILES string of the molecule is CC(C)CCCC(C)NCc1cn2ccccc2n1. The van der Waals surface area contributed by atoms with E-state index in [4.69, 9.17) is 0 Å². The predicted octanol–water partition coefficient (Wildman–Crippen LogP) is 3.64. The molecule has 1 atom stereocenters. The summed E-state index contributed by atoms with van der Waals surface area (Å²) in [5.41, 5.74) is 2.13. The third-order valence-corrected chi connectivity index (χ3v) is 3.46. The van der Waals surface area contributed by atoms with Crippen molar-refractivity contribution in [3.05, 3.63) is 36.3 Å². The van der Waals surface area contributed by atoms with E-state index < -0.39 is 0 Å². The van der Waals surface area contributed by atoms with E-state index in [1.165, 1.54) is 19.3 Å². The van der Waals surface area contributed by atoms with Crippen molar-refractivity contribution in [3.63, 3.8) is 0 Å². The maximum absolute atomic E-state index is 4.59. The maximum atomic E-state index is 4.59. The van der Waals surface area contributed by atoms with Crippen LogP contribution in [0.2, 0.25) is 0 Å². The Hall–Kier alpha value is -1.35. The van der Waals surface area contributed by atoms with Crippen molar-refractivity contribution < 1.29 is 0 Å². The van der Waals surface area contributed by atoms with Crippen LogP contribution in [0.3, 0.4) is 0 Å². The molecule has 0 aromatic carbocycles. The highest BCUT2D eigenvalue weighted by Gasteiger charge is 2.05. The molecule has 19 heavy (non-hydrogen) atoms. The van der Waals surface area contributed by atoms with Crippen molar-refractivity contribution in [2.24, 2.45) is 5.92 Å². The van der Waals surface area contributed by atoms with Crippen molar-refractivity contribution in [2.45, 2.75) is 52.6 Å². The second-order valence-corrected chi connectivity index (χ2v) is 5.81. The molecule has 0 aliphatic carbocycles. The van der Waals surface area contributed by atoms with Gasteiger partial charge in [-0.3, -0.25) is 0 Å². The summed E-state index contributed by atoms with van der Waals surface area (Å²) in [6.07, 6.45) is 8.00. The van der Waals surface area contributed by atoms with Crippen LogP contribution < -0.4 is 5.32 Å². The van der Waals surface area contributed by atoms with E-state index in [-0.39, 0.29) is 0 Å². The zero-order chi connectivity index (χ0) is 13.7. The van der Waals surface area contributed by atoms with Crippen LogP contribution in [0.1, 0.15) is 45.7 Å². The van der Waals surface area contributed by atoms with Crippen molar-refractivity contribution >= 4 is 5.65 Å². The largest absolute Gasteiger partial charge is 0.309 e. The van der Waals surface area contributed by atoms with E-state index in [1.807, 2.05) is 24.4 Å². The lowest BCUT2D eigenvalue weighted by atomic mass is 10.0. The molecule has 0 bridgehead atoms. The van der Waals surface area contributed by atoms with E-state index in [1.54, 1.807) is 0 Å². The molecule has 3 nitrogen and oxygen atoms in total. The van der Waals surface area contributed by atoms with Crippen molar-refractivity contribution in [1.82, 2.24) is 14.7 Å². The standard InChI is InChI=1S/C16H25N3/c1-13(2)7-6-8-14(3)17-11-15-12-19-10-5-4-9-16(19)18-15/h4-5,9-10,12-14,17H,6-8,11H2,1-3H3. The average Bonchev–Trinajstić information content (AvgIpc) is 2.78. The van der Waals surface area contributed by atoms with Crippen LogP contribution in [-0.2, 0) is 6.54 Å². The van der Waals surface area contributed by atoms with Gasteiger partial charge in [0, 0.05) is 25.0 Å². The Balaban J connectivity index is 1.78. The van der Waals surface area contributed by atoms with Crippen LogP contribution in [-0.4, -0.2) is 15.4 Å². The first-order valence-electron chi connectivity index (χ1n) is 7.31. The zero-order valence-electron chi connectivity index (χ0n) is 12.3. The third-order valence-electron chi connectivity index (χ3n) is 3.46. The Morgan fingerprint density at radius 1 is 1.21 bits per heavy atom. The van der Waals surface area contributed by atoms with E-state index >= 15 is 0 Å². The number of hydrogen-bond acceptors (Lipinski definition) is 2. The molecule has 0 saturated heterocycles. The Labute approximate surface area is 116 Å². The first-order valence-corrected chi connectivity index (χ1v) is 7.31. The van der Waals surface area contributed by atoms with Crippen LogP contribution in [0.4, 0.5) is 0 Å². The summed E-state index contributed by atoms with van der Waals surface area (Å²) in [6, 6.07) is 6.65. The van der Waals surface area contributed by atoms with Crippen LogP contribution in [0.5, 0.6) is 0 Å².